The molecule has 1 amide bonds. The van der Waals surface area contributed by atoms with Crippen molar-refractivity contribution in [3.8, 4) is 0 Å². The van der Waals surface area contributed by atoms with Gasteiger partial charge in [0.1, 0.15) is 0 Å². The third kappa shape index (κ3) is 2.38. The van der Waals surface area contributed by atoms with Crippen LogP contribution in [0.15, 0.2) is 18.2 Å². The maximum absolute atomic E-state index is 12.0. The van der Waals surface area contributed by atoms with Gasteiger partial charge in [0.15, 0.2) is 0 Å². The highest BCUT2D eigenvalue weighted by molar-refractivity contribution is 5.94. The van der Waals surface area contributed by atoms with E-state index in [-0.39, 0.29) is 5.91 Å². The van der Waals surface area contributed by atoms with Crippen LogP contribution in [0.1, 0.15) is 27.9 Å². The second-order valence-corrected chi connectivity index (χ2v) is 4.74. The van der Waals surface area contributed by atoms with E-state index in [9.17, 15) is 4.79 Å². The van der Waals surface area contributed by atoms with E-state index in [0.717, 1.165) is 18.5 Å². The fourth-order valence-corrected chi connectivity index (χ4v) is 2.32. The van der Waals surface area contributed by atoms with Crippen molar-refractivity contribution < 1.29 is 9.53 Å². The molecule has 18 heavy (non-hydrogen) atoms. The van der Waals surface area contributed by atoms with Crippen LogP contribution in [-0.4, -0.2) is 25.0 Å². The number of carbonyl (C=O) groups excluding carboxylic acids is 1. The van der Waals surface area contributed by atoms with Crippen LogP contribution in [0.3, 0.4) is 0 Å². The molecule has 2 aliphatic heterocycles. The quantitative estimate of drug-likeness (QED) is 0.719. The van der Waals surface area contributed by atoms with E-state index in [1.807, 2.05) is 18.2 Å². The standard InChI is InChI=1S/C13H17N3O2/c17-13(14-6-12-3-4-15-16-12)9-1-2-10-7-18-8-11(10)5-9/h1-2,5,12,15-16H,3-4,6-8H2,(H,14,17). The Bertz CT molecular complexity index is 456. The highest BCUT2D eigenvalue weighted by Gasteiger charge is 2.17. The predicted octanol–water partition coefficient (Wildman–Crippen LogP) is 0.313. The van der Waals surface area contributed by atoms with E-state index >= 15 is 0 Å². The van der Waals surface area contributed by atoms with Gasteiger partial charge in [0.2, 0.25) is 0 Å². The first-order valence-corrected chi connectivity index (χ1v) is 6.29. The van der Waals surface area contributed by atoms with Crippen LogP contribution < -0.4 is 16.2 Å². The second kappa shape index (κ2) is 5.06. The van der Waals surface area contributed by atoms with Crippen LogP contribution in [0.4, 0.5) is 0 Å². The minimum atomic E-state index is -0.0154. The lowest BCUT2D eigenvalue weighted by Crippen LogP contribution is -2.40. The van der Waals surface area contributed by atoms with Crippen molar-refractivity contribution in [2.24, 2.45) is 0 Å². The van der Waals surface area contributed by atoms with Gasteiger partial charge in [-0.15, -0.1) is 0 Å². The van der Waals surface area contributed by atoms with Crippen LogP contribution >= 0.6 is 0 Å². The summed E-state index contributed by atoms with van der Waals surface area (Å²) in [4.78, 5) is 12.0. The summed E-state index contributed by atoms with van der Waals surface area (Å²) in [7, 11) is 0. The summed E-state index contributed by atoms with van der Waals surface area (Å²) in [6.07, 6.45) is 1.04. The highest BCUT2D eigenvalue weighted by atomic mass is 16.5. The topological polar surface area (TPSA) is 62.4 Å². The van der Waals surface area contributed by atoms with Crippen molar-refractivity contribution in [3.05, 3.63) is 34.9 Å². The zero-order chi connectivity index (χ0) is 12.4. The first-order valence-electron chi connectivity index (χ1n) is 6.29. The summed E-state index contributed by atoms with van der Waals surface area (Å²) >= 11 is 0. The Morgan fingerprint density at radius 2 is 2.28 bits per heavy atom. The number of hydrogen-bond acceptors (Lipinski definition) is 4. The zero-order valence-electron chi connectivity index (χ0n) is 10.2. The Balaban J connectivity index is 1.61. The highest BCUT2D eigenvalue weighted by Crippen LogP contribution is 2.20. The molecule has 1 aromatic carbocycles. The number of hydrogen-bond donors (Lipinski definition) is 3. The van der Waals surface area contributed by atoms with Crippen LogP contribution in [-0.2, 0) is 18.0 Å². The van der Waals surface area contributed by atoms with Crippen molar-refractivity contribution in [2.45, 2.75) is 25.7 Å². The molecular formula is C13H17N3O2. The van der Waals surface area contributed by atoms with Crippen LogP contribution in [0.2, 0.25) is 0 Å². The molecule has 96 valence electrons. The SMILES string of the molecule is O=C(NCC1CCNN1)c1ccc2c(c1)COC2. The second-order valence-electron chi connectivity index (χ2n) is 4.74. The van der Waals surface area contributed by atoms with Gasteiger partial charge in [-0.05, 0) is 29.7 Å². The van der Waals surface area contributed by atoms with Gasteiger partial charge in [0.25, 0.3) is 5.91 Å². The van der Waals surface area contributed by atoms with Gasteiger partial charge in [-0.25, -0.2) is 0 Å². The molecule has 5 heteroatoms. The maximum atomic E-state index is 12.0. The lowest BCUT2D eigenvalue weighted by molar-refractivity contribution is 0.0950. The molecule has 0 saturated carbocycles. The predicted molar refractivity (Wildman–Crippen MR) is 66.8 cm³/mol. The van der Waals surface area contributed by atoms with E-state index in [1.54, 1.807) is 0 Å². The first-order chi connectivity index (χ1) is 8.83. The molecule has 1 aromatic rings. The number of fused-ring (bicyclic) bond motifs is 1. The Hall–Kier alpha value is -1.43. The van der Waals surface area contributed by atoms with E-state index in [2.05, 4.69) is 16.2 Å². The smallest absolute Gasteiger partial charge is 0.251 e. The number of hydrazine groups is 1. The molecule has 1 atom stereocenters. The van der Waals surface area contributed by atoms with E-state index in [0.29, 0.717) is 31.4 Å². The Morgan fingerprint density at radius 3 is 3.11 bits per heavy atom. The monoisotopic (exact) mass is 247 g/mol. The lowest BCUT2D eigenvalue weighted by atomic mass is 10.1. The molecule has 1 unspecified atom stereocenters. The van der Waals surface area contributed by atoms with Crippen LogP contribution in [0.25, 0.3) is 0 Å². The Morgan fingerprint density at radius 1 is 1.39 bits per heavy atom. The molecule has 0 bridgehead atoms. The summed E-state index contributed by atoms with van der Waals surface area (Å²) in [5.41, 5.74) is 9.20. The largest absolute Gasteiger partial charge is 0.372 e. The van der Waals surface area contributed by atoms with Gasteiger partial charge in [0.05, 0.1) is 13.2 Å². The van der Waals surface area contributed by atoms with Gasteiger partial charge >= 0.3 is 0 Å². The molecule has 2 aliphatic rings. The molecule has 3 rings (SSSR count). The minimum Gasteiger partial charge on any atom is -0.372 e. The maximum Gasteiger partial charge on any atom is 0.251 e. The number of nitrogens with one attached hydrogen (secondary N) is 3. The molecule has 0 spiro atoms. The average molecular weight is 247 g/mol. The van der Waals surface area contributed by atoms with Crippen molar-refractivity contribution >= 4 is 5.91 Å². The van der Waals surface area contributed by atoms with Gasteiger partial charge in [-0.1, -0.05) is 6.07 Å². The van der Waals surface area contributed by atoms with E-state index in [4.69, 9.17) is 4.74 Å². The number of benzene rings is 1. The van der Waals surface area contributed by atoms with E-state index < -0.39 is 0 Å². The van der Waals surface area contributed by atoms with Crippen molar-refractivity contribution in [1.82, 2.24) is 16.2 Å². The first kappa shape index (κ1) is 11.6. The average Bonchev–Trinajstić information content (AvgIpc) is 3.05. The fourth-order valence-electron chi connectivity index (χ4n) is 2.32. The molecule has 0 radical (unpaired) electrons. The zero-order valence-corrected chi connectivity index (χ0v) is 10.2. The molecule has 3 N–H and O–H groups in total. The number of carbonyl (C=O) groups is 1. The van der Waals surface area contributed by atoms with Gasteiger partial charge in [-0.2, -0.15) is 0 Å². The molecule has 1 fully saturated rings. The minimum absolute atomic E-state index is 0.0154. The molecule has 1 saturated heterocycles. The molecule has 5 nitrogen and oxygen atoms in total. The Labute approximate surface area is 106 Å². The summed E-state index contributed by atoms with van der Waals surface area (Å²) in [5.74, 6) is -0.0154. The molecule has 0 aliphatic carbocycles. The van der Waals surface area contributed by atoms with Gasteiger partial charge in [0, 0.05) is 24.7 Å². The normalized spacial score (nSPS) is 21.9. The summed E-state index contributed by atoms with van der Waals surface area (Å²) in [6.45, 7) is 2.88. The number of amides is 1. The van der Waals surface area contributed by atoms with Crippen molar-refractivity contribution in [3.63, 3.8) is 0 Å². The number of rotatable bonds is 3. The van der Waals surface area contributed by atoms with Gasteiger partial charge in [-0.3, -0.25) is 15.6 Å². The summed E-state index contributed by atoms with van der Waals surface area (Å²) in [5, 5.41) is 2.95. The number of ether oxygens (including phenoxy) is 1. The van der Waals surface area contributed by atoms with E-state index in [1.165, 1.54) is 5.56 Å². The van der Waals surface area contributed by atoms with Crippen molar-refractivity contribution in [1.29, 1.82) is 0 Å². The summed E-state index contributed by atoms with van der Waals surface area (Å²) < 4.78 is 5.34. The van der Waals surface area contributed by atoms with Gasteiger partial charge < -0.3 is 10.1 Å². The molecular weight excluding hydrogens is 230 g/mol. The van der Waals surface area contributed by atoms with Crippen LogP contribution in [0.5, 0.6) is 0 Å². The fraction of sp³-hybridized carbons (Fsp3) is 0.462. The molecule has 2 heterocycles. The Kier molecular flexibility index (Phi) is 3.27. The molecule has 0 aromatic heterocycles. The third-order valence-corrected chi connectivity index (χ3v) is 3.42. The summed E-state index contributed by atoms with van der Waals surface area (Å²) in [6, 6.07) is 6.10. The third-order valence-electron chi connectivity index (χ3n) is 3.42. The van der Waals surface area contributed by atoms with Crippen LogP contribution in [0, 0.1) is 0 Å². The lowest BCUT2D eigenvalue weighted by Gasteiger charge is -2.11. The van der Waals surface area contributed by atoms with Crippen molar-refractivity contribution in [2.75, 3.05) is 13.1 Å².